The summed E-state index contributed by atoms with van der Waals surface area (Å²) in [5, 5.41) is 5.74. The third kappa shape index (κ3) is 12.8. The Morgan fingerprint density at radius 1 is 1.02 bits per heavy atom. The first-order valence-corrected chi connectivity index (χ1v) is 14.7. The van der Waals surface area contributed by atoms with E-state index in [9.17, 15) is 19.2 Å². The molecule has 41 heavy (non-hydrogen) atoms. The summed E-state index contributed by atoms with van der Waals surface area (Å²) in [5.74, 6) is -1.03. The molecule has 0 radical (unpaired) electrons. The van der Waals surface area contributed by atoms with Crippen LogP contribution in [-0.2, 0) is 19.1 Å². The molecule has 0 saturated carbocycles. The maximum Gasteiger partial charge on any atom is 0.408 e. The van der Waals surface area contributed by atoms with Gasteiger partial charge in [-0.3, -0.25) is 14.4 Å². The van der Waals surface area contributed by atoms with Crippen molar-refractivity contribution in [2.24, 2.45) is 11.7 Å². The van der Waals surface area contributed by atoms with Gasteiger partial charge in [0.2, 0.25) is 17.7 Å². The molecular formula is C32H52N4O5. The highest BCUT2D eigenvalue weighted by Crippen LogP contribution is 2.29. The van der Waals surface area contributed by atoms with Gasteiger partial charge in [-0.15, -0.1) is 0 Å². The summed E-state index contributed by atoms with van der Waals surface area (Å²) >= 11 is 0. The molecule has 4 N–H and O–H groups in total. The Bertz CT molecular complexity index is 1030. The second-order valence-corrected chi connectivity index (χ2v) is 12.2. The molecule has 0 fully saturated rings. The van der Waals surface area contributed by atoms with E-state index in [1.165, 1.54) is 0 Å². The number of hydrogen-bond donors (Lipinski definition) is 3. The Labute approximate surface area is 246 Å². The fourth-order valence-corrected chi connectivity index (χ4v) is 4.61. The van der Waals surface area contributed by atoms with Crippen LogP contribution in [0.2, 0.25) is 0 Å². The van der Waals surface area contributed by atoms with E-state index in [4.69, 9.17) is 10.5 Å². The fourth-order valence-electron chi connectivity index (χ4n) is 4.61. The predicted octanol–water partition coefficient (Wildman–Crippen LogP) is 5.49. The van der Waals surface area contributed by atoms with Gasteiger partial charge in [-0.2, -0.15) is 0 Å². The summed E-state index contributed by atoms with van der Waals surface area (Å²) in [6, 6.07) is 4.77. The van der Waals surface area contributed by atoms with Crippen LogP contribution in [0.4, 0.5) is 4.79 Å². The molecule has 4 unspecified atom stereocenters. The molecule has 1 aromatic rings. The van der Waals surface area contributed by atoms with Crippen molar-refractivity contribution < 1.29 is 23.9 Å². The van der Waals surface area contributed by atoms with Crippen LogP contribution in [0.3, 0.4) is 0 Å². The average molecular weight is 573 g/mol. The molecule has 0 aliphatic carbocycles. The highest BCUT2D eigenvalue weighted by molar-refractivity contribution is 5.93. The first-order valence-electron chi connectivity index (χ1n) is 14.7. The molecule has 230 valence electrons. The summed E-state index contributed by atoms with van der Waals surface area (Å²) in [6.07, 6.45) is 3.86. The number of rotatable bonds is 16. The Kier molecular flexibility index (Phi) is 14.6. The molecule has 1 aromatic carbocycles. The largest absolute Gasteiger partial charge is 0.444 e. The standard InChI is InChI=1S/C32H52N4O5/c1-10-13-22(5)34-29(38)28(25-15-12-14-24(11-2)20-25)36(23(6)17-16-21(3)4)30(39)26(18-19-27(33)37)35-31(40)41-32(7,8)9/h11-12,14-15,20-23,26,28H,2,10,13,16-19H2,1,3-9H3,(H2,33,37)(H,34,38)(H,35,40). The molecule has 0 saturated heterocycles. The maximum atomic E-state index is 14.4. The molecule has 0 aliphatic heterocycles. The van der Waals surface area contributed by atoms with Crippen LogP contribution in [0.25, 0.3) is 6.08 Å². The van der Waals surface area contributed by atoms with Gasteiger partial charge in [0, 0.05) is 18.5 Å². The summed E-state index contributed by atoms with van der Waals surface area (Å²) in [7, 11) is 0. The van der Waals surface area contributed by atoms with Gasteiger partial charge in [0.15, 0.2) is 0 Å². The Morgan fingerprint density at radius 2 is 1.68 bits per heavy atom. The first kappa shape index (κ1) is 35.7. The Hall–Kier alpha value is -3.36. The van der Waals surface area contributed by atoms with E-state index in [2.05, 4.69) is 31.1 Å². The lowest BCUT2D eigenvalue weighted by atomic mass is 9.95. The minimum absolute atomic E-state index is 0.0336. The maximum absolute atomic E-state index is 14.4. The van der Waals surface area contributed by atoms with Crippen molar-refractivity contribution in [2.75, 3.05) is 0 Å². The second-order valence-electron chi connectivity index (χ2n) is 12.2. The van der Waals surface area contributed by atoms with Gasteiger partial charge < -0.3 is 26.0 Å². The number of amides is 4. The second kappa shape index (κ2) is 16.8. The highest BCUT2D eigenvalue weighted by atomic mass is 16.6. The number of alkyl carbamates (subject to hydrolysis) is 1. The molecule has 0 spiro atoms. The van der Waals surface area contributed by atoms with E-state index in [-0.39, 0.29) is 30.8 Å². The number of benzene rings is 1. The molecule has 1 rings (SSSR count). The number of nitrogens with one attached hydrogen (secondary N) is 2. The Balaban J connectivity index is 3.71. The number of ether oxygens (including phenoxy) is 1. The molecule has 0 bridgehead atoms. The normalized spacial score (nSPS) is 14.4. The lowest BCUT2D eigenvalue weighted by molar-refractivity contribution is -0.145. The van der Waals surface area contributed by atoms with Crippen molar-refractivity contribution in [3.05, 3.63) is 42.0 Å². The molecule has 9 heteroatoms. The predicted molar refractivity (Wildman–Crippen MR) is 164 cm³/mol. The van der Waals surface area contributed by atoms with E-state index < -0.39 is 35.6 Å². The molecule has 4 atom stereocenters. The van der Waals surface area contributed by atoms with Crippen LogP contribution in [0.5, 0.6) is 0 Å². The number of nitrogens with two attached hydrogens (primary N) is 1. The van der Waals surface area contributed by atoms with Gasteiger partial charge in [-0.25, -0.2) is 4.79 Å². The van der Waals surface area contributed by atoms with Crippen LogP contribution in [0, 0.1) is 5.92 Å². The first-order chi connectivity index (χ1) is 19.1. The zero-order valence-electron chi connectivity index (χ0n) is 26.3. The summed E-state index contributed by atoms with van der Waals surface area (Å²) < 4.78 is 5.42. The lowest BCUT2D eigenvalue weighted by Crippen LogP contribution is -2.56. The summed E-state index contributed by atoms with van der Waals surface area (Å²) in [6.45, 7) is 19.1. The molecule has 0 aromatic heterocycles. The van der Waals surface area contributed by atoms with E-state index in [1.807, 2.05) is 45.0 Å². The van der Waals surface area contributed by atoms with E-state index in [0.29, 0.717) is 17.9 Å². The van der Waals surface area contributed by atoms with Crippen molar-refractivity contribution >= 4 is 29.9 Å². The number of carbonyl (C=O) groups is 4. The number of carbonyl (C=O) groups excluding carboxylic acids is 4. The number of nitrogens with zero attached hydrogens (tertiary/aromatic N) is 1. The highest BCUT2D eigenvalue weighted by Gasteiger charge is 2.39. The Morgan fingerprint density at radius 3 is 2.22 bits per heavy atom. The van der Waals surface area contributed by atoms with Crippen LogP contribution >= 0.6 is 0 Å². The van der Waals surface area contributed by atoms with Gasteiger partial charge in [-0.1, -0.05) is 58.0 Å². The zero-order chi connectivity index (χ0) is 31.3. The molecule has 4 amide bonds. The molecular weight excluding hydrogens is 520 g/mol. The summed E-state index contributed by atoms with van der Waals surface area (Å²) in [4.78, 5) is 54.5. The van der Waals surface area contributed by atoms with Crippen molar-refractivity contribution in [1.82, 2.24) is 15.5 Å². The van der Waals surface area contributed by atoms with Gasteiger partial charge in [0.05, 0.1) is 0 Å². The average Bonchev–Trinajstić information content (AvgIpc) is 2.86. The van der Waals surface area contributed by atoms with Crippen LogP contribution in [0.1, 0.15) is 111 Å². The fraction of sp³-hybridized carbons (Fsp3) is 0.625. The van der Waals surface area contributed by atoms with Gasteiger partial charge in [0.1, 0.15) is 17.7 Å². The minimum atomic E-state index is -1.13. The quantitative estimate of drug-likeness (QED) is 0.241. The van der Waals surface area contributed by atoms with Crippen molar-refractivity contribution in [1.29, 1.82) is 0 Å². The smallest absolute Gasteiger partial charge is 0.408 e. The molecule has 0 heterocycles. The molecule has 0 aliphatic rings. The third-order valence-corrected chi connectivity index (χ3v) is 6.66. The van der Waals surface area contributed by atoms with E-state index >= 15 is 0 Å². The molecule has 9 nitrogen and oxygen atoms in total. The van der Waals surface area contributed by atoms with Crippen LogP contribution in [-0.4, -0.2) is 52.4 Å². The van der Waals surface area contributed by atoms with E-state index in [1.54, 1.807) is 31.7 Å². The lowest BCUT2D eigenvalue weighted by Gasteiger charge is -2.39. The van der Waals surface area contributed by atoms with Gasteiger partial charge in [-0.05, 0) is 83.4 Å². The van der Waals surface area contributed by atoms with Crippen LogP contribution < -0.4 is 16.4 Å². The number of primary amides is 1. The topological polar surface area (TPSA) is 131 Å². The van der Waals surface area contributed by atoms with Crippen LogP contribution in [0.15, 0.2) is 30.8 Å². The third-order valence-electron chi connectivity index (χ3n) is 6.66. The SMILES string of the molecule is C=Cc1cccc(C(C(=O)NC(C)CCC)N(C(=O)C(CCC(N)=O)NC(=O)OC(C)(C)C)C(C)CCC(C)C)c1. The van der Waals surface area contributed by atoms with Crippen molar-refractivity contribution in [3.63, 3.8) is 0 Å². The van der Waals surface area contributed by atoms with Gasteiger partial charge in [0.25, 0.3) is 0 Å². The van der Waals surface area contributed by atoms with Crippen molar-refractivity contribution in [2.45, 2.75) is 124 Å². The van der Waals surface area contributed by atoms with Gasteiger partial charge >= 0.3 is 6.09 Å². The summed E-state index contributed by atoms with van der Waals surface area (Å²) in [5.41, 5.74) is 6.06. The monoisotopic (exact) mass is 572 g/mol. The van der Waals surface area contributed by atoms with E-state index in [0.717, 1.165) is 24.8 Å². The zero-order valence-corrected chi connectivity index (χ0v) is 26.3. The minimum Gasteiger partial charge on any atom is -0.444 e. The van der Waals surface area contributed by atoms with Crippen molar-refractivity contribution in [3.8, 4) is 0 Å². The number of hydrogen-bond acceptors (Lipinski definition) is 5.